The van der Waals surface area contributed by atoms with Crippen LogP contribution >= 0.6 is 0 Å². The fraction of sp³-hybridized carbons (Fsp3) is 0.857. The summed E-state index contributed by atoms with van der Waals surface area (Å²) in [5, 5.41) is 7.07. The molecule has 58 valence electrons. The average Bonchev–Trinajstić information content (AvgIpc) is 2.41. The summed E-state index contributed by atoms with van der Waals surface area (Å²) >= 11 is 0. The van der Waals surface area contributed by atoms with E-state index in [1.54, 1.807) is 0 Å². The highest BCUT2D eigenvalue weighted by molar-refractivity contribution is 5.62. The van der Waals surface area contributed by atoms with Crippen LogP contribution in [0.15, 0.2) is 5.10 Å². The smallest absolute Gasteiger partial charge is 0.0408 e. The highest BCUT2D eigenvalue weighted by Gasteiger charge is 2.08. The van der Waals surface area contributed by atoms with Gasteiger partial charge in [-0.15, -0.1) is 0 Å². The van der Waals surface area contributed by atoms with Crippen molar-refractivity contribution in [2.75, 3.05) is 20.1 Å². The van der Waals surface area contributed by atoms with Crippen molar-refractivity contribution in [1.82, 2.24) is 10.7 Å². The molecule has 1 aliphatic rings. The molecule has 3 heteroatoms. The second kappa shape index (κ2) is 4.28. The minimum absolute atomic E-state index is 0.674. The molecule has 1 rings (SSSR count). The quantitative estimate of drug-likeness (QED) is 0.548. The van der Waals surface area contributed by atoms with Gasteiger partial charge in [-0.1, -0.05) is 0 Å². The fourth-order valence-electron chi connectivity index (χ4n) is 1.10. The number of hydrazone groups is 1. The topological polar surface area (TPSA) is 36.4 Å². The molecule has 0 amide bonds. The van der Waals surface area contributed by atoms with E-state index in [0.717, 1.165) is 13.1 Å². The van der Waals surface area contributed by atoms with Crippen LogP contribution < -0.4 is 10.7 Å². The first-order chi connectivity index (χ1) is 4.93. The molecule has 2 N–H and O–H groups in total. The van der Waals surface area contributed by atoms with Gasteiger partial charge >= 0.3 is 0 Å². The van der Waals surface area contributed by atoms with Gasteiger partial charge in [-0.25, -0.2) is 0 Å². The van der Waals surface area contributed by atoms with Gasteiger partial charge in [0.25, 0.3) is 0 Å². The Morgan fingerprint density at radius 2 is 2.70 bits per heavy atom. The molecule has 0 radical (unpaired) electrons. The largest absolute Gasteiger partial charge is 0.320 e. The average molecular weight is 141 g/mol. The van der Waals surface area contributed by atoms with Gasteiger partial charge in [0.05, 0.1) is 0 Å². The first-order valence-electron chi connectivity index (χ1n) is 3.84. The molecular weight excluding hydrogens is 126 g/mol. The lowest BCUT2D eigenvalue weighted by atomic mass is 10.1. The lowest BCUT2D eigenvalue weighted by Crippen LogP contribution is -2.13. The monoisotopic (exact) mass is 141 g/mol. The van der Waals surface area contributed by atoms with Gasteiger partial charge in [0.15, 0.2) is 0 Å². The Morgan fingerprint density at radius 3 is 3.30 bits per heavy atom. The maximum absolute atomic E-state index is 3.95. The molecule has 0 fully saturated rings. The van der Waals surface area contributed by atoms with Crippen LogP contribution in [0.25, 0.3) is 0 Å². The van der Waals surface area contributed by atoms with E-state index in [2.05, 4.69) is 15.8 Å². The third-order valence-electron chi connectivity index (χ3n) is 1.73. The Morgan fingerprint density at radius 1 is 1.80 bits per heavy atom. The van der Waals surface area contributed by atoms with Crippen LogP contribution in [-0.2, 0) is 0 Å². The number of rotatable bonds is 4. The van der Waals surface area contributed by atoms with Crippen LogP contribution in [0.1, 0.15) is 12.8 Å². The number of hydrogen-bond acceptors (Lipinski definition) is 3. The summed E-state index contributed by atoms with van der Waals surface area (Å²) in [5.74, 6) is 0.674. The highest BCUT2D eigenvalue weighted by atomic mass is 15.3. The molecule has 0 spiro atoms. The van der Waals surface area contributed by atoms with Crippen LogP contribution in [-0.4, -0.2) is 26.4 Å². The van der Waals surface area contributed by atoms with Crippen LogP contribution in [0, 0.1) is 5.92 Å². The molecule has 1 heterocycles. The van der Waals surface area contributed by atoms with E-state index in [1.165, 1.54) is 12.8 Å². The third kappa shape index (κ3) is 2.35. The third-order valence-corrected chi connectivity index (χ3v) is 1.73. The van der Waals surface area contributed by atoms with Gasteiger partial charge in [-0.2, -0.15) is 5.10 Å². The van der Waals surface area contributed by atoms with E-state index in [9.17, 15) is 0 Å². The molecule has 0 bridgehead atoms. The van der Waals surface area contributed by atoms with Crippen molar-refractivity contribution in [3.05, 3.63) is 0 Å². The van der Waals surface area contributed by atoms with Crippen molar-refractivity contribution < 1.29 is 0 Å². The second-order valence-electron chi connectivity index (χ2n) is 2.65. The summed E-state index contributed by atoms with van der Waals surface area (Å²) in [5.41, 5.74) is 2.95. The SMILES string of the molecule is CNCCCC1C=NNC1. The minimum atomic E-state index is 0.674. The van der Waals surface area contributed by atoms with Crippen LogP contribution in [0.3, 0.4) is 0 Å². The van der Waals surface area contributed by atoms with Gasteiger partial charge < -0.3 is 10.7 Å². The molecular formula is C7H15N3. The zero-order chi connectivity index (χ0) is 7.23. The van der Waals surface area contributed by atoms with E-state index < -0.39 is 0 Å². The summed E-state index contributed by atoms with van der Waals surface area (Å²) in [4.78, 5) is 0. The molecule has 1 unspecified atom stereocenters. The Kier molecular flexibility index (Phi) is 3.22. The fourth-order valence-corrected chi connectivity index (χ4v) is 1.10. The molecule has 0 aromatic heterocycles. The van der Waals surface area contributed by atoms with E-state index in [1.807, 2.05) is 13.3 Å². The van der Waals surface area contributed by atoms with Crippen molar-refractivity contribution in [2.24, 2.45) is 11.0 Å². The maximum atomic E-state index is 3.95. The number of hydrogen-bond donors (Lipinski definition) is 2. The molecule has 1 atom stereocenters. The zero-order valence-electron chi connectivity index (χ0n) is 6.43. The van der Waals surface area contributed by atoms with E-state index in [-0.39, 0.29) is 0 Å². The van der Waals surface area contributed by atoms with Gasteiger partial charge in [-0.05, 0) is 26.4 Å². The summed E-state index contributed by atoms with van der Waals surface area (Å²) in [7, 11) is 1.99. The molecule has 0 aliphatic carbocycles. The van der Waals surface area contributed by atoms with Gasteiger partial charge in [0, 0.05) is 18.7 Å². The van der Waals surface area contributed by atoms with E-state index >= 15 is 0 Å². The van der Waals surface area contributed by atoms with Crippen LogP contribution in [0.4, 0.5) is 0 Å². The van der Waals surface area contributed by atoms with Crippen molar-refractivity contribution in [3.63, 3.8) is 0 Å². The Balaban J connectivity index is 1.97. The van der Waals surface area contributed by atoms with E-state index in [0.29, 0.717) is 5.92 Å². The Labute approximate surface area is 61.9 Å². The zero-order valence-corrected chi connectivity index (χ0v) is 6.43. The van der Waals surface area contributed by atoms with Gasteiger partial charge in [-0.3, -0.25) is 0 Å². The minimum Gasteiger partial charge on any atom is -0.320 e. The number of nitrogens with one attached hydrogen (secondary N) is 2. The number of nitrogens with zero attached hydrogens (tertiary/aromatic N) is 1. The van der Waals surface area contributed by atoms with Crippen molar-refractivity contribution in [2.45, 2.75) is 12.8 Å². The molecule has 0 saturated heterocycles. The predicted molar refractivity (Wildman–Crippen MR) is 43.1 cm³/mol. The Bertz CT molecular complexity index is 111. The van der Waals surface area contributed by atoms with Crippen LogP contribution in [0.2, 0.25) is 0 Å². The van der Waals surface area contributed by atoms with Crippen molar-refractivity contribution in [3.8, 4) is 0 Å². The van der Waals surface area contributed by atoms with Gasteiger partial charge in [0.1, 0.15) is 0 Å². The first-order valence-corrected chi connectivity index (χ1v) is 3.84. The summed E-state index contributed by atoms with van der Waals surface area (Å²) in [6.07, 6.45) is 4.50. The van der Waals surface area contributed by atoms with Gasteiger partial charge in [0.2, 0.25) is 0 Å². The van der Waals surface area contributed by atoms with E-state index in [4.69, 9.17) is 0 Å². The van der Waals surface area contributed by atoms with Crippen molar-refractivity contribution >= 4 is 6.21 Å². The second-order valence-corrected chi connectivity index (χ2v) is 2.65. The highest BCUT2D eigenvalue weighted by Crippen LogP contribution is 2.04. The molecule has 0 saturated carbocycles. The summed E-state index contributed by atoms with van der Waals surface area (Å²) < 4.78 is 0. The lowest BCUT2D eigenvalue weighted by molar-refractivity contribution is 0.571. The molecule has 0 aromatic carbocycles. The molecule has 3 nitrogen and oxygen atoms in total. The van der Waals surface area contributed by atoms with Crippen molar-refractivity contribution in [1.29, 1.82) is 0 Å². The summed E-state index contributed by atoms with van der Waals surface area (Å²) in [6, 6.07) is 0. The predicted octanol–water partition coefficient (Wildman–Crippen LogP) is 0.191. The normalized spacial score (nSPS) is 23.1. The molecule has 0 aromatic rings. The Hall–Kier alpha value is -0.570. The standard InChI is InChI=1S/C7H15N3/c1-8-4-2-3-7-5-9-10-6-7/h5,7-8,10H,2-4,6H2,1H3. The first kappa shape index (κ1) is 7.54. The molecule has 1 aliphatic heterocycles. The maximum Gasteiger partial charge on any atom is 0.0408 e. The molecule has 10 heavy (non-hydrogen) atoms. The summed E-state index contributed by atoms with van der Waals surface area (Å²) in [6.45, 7) is 2.15. The van der Waals surface area contributed by atoms with Crippen LogP contribution in [0.5, 0.6) is 0 Å². The lowest BCUT2D eigenvalue weighted by Gasteiger charge is -2.03.